The van der Waals surface area contributed by atoms with Crippen LogP contribution in [0.15, 0.2) is 48.9 Å². The number of nitrogens with one attached hydrogen (secondary N) is 1. The van der Waals surface area contributed by atoms with E-state index >= 15 is 0 Å². The van der Waals surface area contributed by atoms with Gasteiger partial charge in [-0.25, -0.2) is 9.97 Å². The van der Waals surface area contributed by atoms with Crippen LogP contribution < -0.4 is 16.0 Å². The molecule has 0 saturated carbocycles. The minimum Gasteiger partial charge on any atom is -0.382 e. The van der Waals surface area contributed by atoms with Crippen molar-refractivity contribution in [2.45, 2.75) is 19.3 Å². The maximum absolute atomic E-state index is 13.2. The minimum atomic E-state index is -0.172. The molecule has 0 spiro atoms. The van der Waals surface area contributed by atoms with Crippen molar-refractivity contribution in [3.05, 3.63) is 65.7 Å². The molecule has 1 aliphatic rings. The van der Waals surface area contributed by atoms with Crippen LogP contribution >= 0.6 is 0 Å². The molecule has 0 unspecified atom stereocenters. The maximum Gasteiger partial charge on any atom is 0.189 e. The van der Waals surface area contributed by atoms with Gasteiger partial charge in [0.15, 0.2) is 11.6 Å². The van der Waals surface area contributed by atoms with Crippen LogP contribution in [0.4, 0.5) is 11.5 Å². The van der Waals surface area contributed by atoms with Gasteiger partial charge in [-0.1, -0.05) is 18.2 Å². The monoisotopic (exact) mass is 446 g/mol. The first kappa shape index (κ1) is 22.8. The zero-order valence-electron chi connectivity index (χ0n) is 19.0. The smallest absolute Gasteiger partial charge is 0.189 e. The van der Waals surface area contributed by atoms with Gasteiger partial charge < -0.3 is 20.7 Å². The van der Waals surface area contributed by atoms with Gasteiger partial charge in [0.25, 0.3) is 0 Å². The Kier molecular flexibility index (Phi) is 7.59. The molecule has 3 heterocycles. The van der Waals surface area contributed by atoms with Crippen molar-refractivity contribution in [3.63, 3.8) is 0 Å². The predicted octanol–water partition coefficient (Wildman–Crippen LogP) is 2.53. The first-order valence-electron chi connectivity index (χ1n) is 11.3. The maximum atomic E-state index is 13.2. The fraction of sp³-hybridized carbons (Fsp3) is 0.360. The molecule has 0 radical (unpaired) electrons. The van der Waals surface area contributed by atoms with Gasteiger partial charge >= 0.3 is 0 Å². The van der Waals surface area contributed by atoms with E-state index in [9.17, 15) is 4.79 Å². The number of hydrogen-bond donors (Lipinski definition) is 2. The number of nitrogens with two attached hydrogens (primary N) is 1. The number of nitrogens with zero attached hydrogens (tertiary/aromatic N) is 4. The lowest BCUT2D eigenvalue weighted by molar-refractivity contribution is 0.0988. The third-order valence-corrected chi connectivity index (χ3v) is 5.76. The summed E-state index contributed by atoms with van der Waals surface area (Å²) < 4.78 is 5.46. The van der Waals surface area contributed by atoms with E-state index in [4.69, 9.17) is 10.5 Å². The fourth-order valence-electron chi connectivity index (χ4n) is 4.02. The van der Waals surface area contributed by atoms with Crippen LogP contribution in [0, 0.1) is 0 Å². The summed E-state index contributed by atoms with van der Waals surface area (Å²) >= 11 is 0. The lowest BCUT2D eigenvalue weighted by Crippen LogP contribution is -2.37. The Balaban J connectivity index is 1.55. The molecule has 0 aliphatic carbocycles. The van der Waals surface area contributed by atoms with Crippen LogP contribution in [0.25, 0.3) is 11.3 Å². The average molecular weight is 447 g/mol. The lowest BCUT2D eigenvalue weighted by Gasteiger charge is -2.30. The van der Waals surface area contributed by atoms with E-state index in [1.807, 2.05) is 25.2 Å². The Morgan fingerprint density at radius 2 is 2.06 bits per heavy atom. The van der Waals surface area contributed by atoms with E-state index in [1.54, 1.807) is 18.6 Å². The molecule has 0 atom stereocenters. The van der Waals surface area contributed by atoms with Gasteiger partial charge in [0.05, 0.1) is 25.1 Å². The van der Waals surface area contributed by atoms with Crippen molar-refractivity contribution < 1.29 is 9.53 Å². The van der Waals surface area contributed by atoms with E-state index < -0.39 is 0 Å². The summed E-state index contributed by atoms with van der Waals surface area (Å²) in [4.78, 5) is 28.6. The molecule has 0 bridgehead atoms. The number of carbonyl (C=O) groups excluding carboxylic acids is 1. The van der Waals surface area contributed by atoms with Crippen LogP contribution in [0.5, 0.6) is 0 Å². The fourth-order valence-corrected chi connectivity index (χ4v) is 4.02. The second-order valence-electron chi connectivity index (χ2n) is 8.10. The van der Waals surface area contributed by atoms with Crippen LogP contribution in [0.2, 0.25) is 0 Å². The highest BCUT2D eigenvalue weighted by Gasteiger charge is 2.20. The van der Waals surface area contributed by atoms with Crippen molar-refractivity contribution >= 4 is 17.3 Å². The number of rotatable bonds is 9. The molecule has 1 aromatic carbocycles. The van der Waals surface area contributed by atoms with Crippen molar-refractivity contribution in [2.24, 2.45) is 0 Å². The van der Waals surface area contributed by atoms with Gasteiger partial charge in [-0.15, -0.1) is 0 Å². The Morgan fingerprint density at radius 1 is 1.21 bits per heavy atom. The molecule has 0 amide bonds. The Hall–Kier alpha value is -3.36. The molecule has 4 rings (SSSR count). The Bertz CT molecular complexity index is 1100. The van der Waals surface area contributed by atoms with E-state index in [2.05, 4.69) is 37.3 Å². The molecule has 172 valence electrons. The first-order valence-corrected chi connectivity index (χ1v) is 11.3. The van der Waals surface area contributed by atoms with E-state index in [1.165, 1.54) is 5.56 Å². The minimum absolute atomic E-state index is 0.144. The standard InChI is InChI=1S/C25H30N6O2/c1-27-8-3-5-18-4-2-6-19(14-18)21-17-29-25(26)24(30-21)23(32)15-20-16-28-9-7-22(20)31-10-12-33-13-11-31/h2,4,6-7,9,14,16-17,27H,3,5,8,10-13,15H2,1H3,(H2,26,29). The molecule has 2 aromatic heterocycles. The number of pyridine rings is 1. The third kappa shape index (κ3) is 5.71. The summed E-state index contributed by atoms with van der Waals surface area (Å²) in [6.45, 7) is 3.88. The van der Waals surface area contributed by atoms with Gasteiger partial charge in [0.2, 0.25) is 0 Å². The van der Waals surface area contributed by atoms with E-state index in [0.717, 1.165) is 49.3 Å². The summed E-state index contributed by atoms with van der Waals surface area (Å²) in [7, 11) is 1.95. The van der Waals surface area contributed by atoms with Crippen LogP contribution in [0.1, 0.15) is 28.0 Å². The molecule has 3 N–H and O–H groups in total. The van der Waals surface area contributed by atoms with Crippen LogP contribution in [0.3, 0.4) is 0 Å². The molecular weight excluding hydrogens is 416 g/mol. The highest BCUT2D eigenvalue weighted by Crippen LogP contribution is 2.24. The normalized spacial score (nSPS) is 13.8. The Morgan fingerprint density at radius 3 is 2.88 bits per heavy atom. The molecule has 1 fully saturated rings. The summed E-state index contributed by atoms with van der Waals surface area (Å²) in [6.07, 6.45) is 7.29. The van der Waals surface area contributed by atoms with Crippen LogP contribution in [-0.2, 0) is 17.6 Å². The summed E-state index contributed by atoms with van der Waals surface area (Å²) in [5.74, 6) is -0.0275. The Labute approximate surface area is 194 Å². The number of carbonyl (C=O) groups is 1. The molecule has 1 saturated heterocycles. The number of Topliss-reactive ketones (excluding diaryl/α,β-unsaturated/α-hetero) is 1. The number of hydrogen-bond acceptors (Lipinski definition) is 8. The highest BCUT2D eigenvalue weighted by atomic mass is 16.5. The topological polar surface area (TPSA) is 106 Å². The van der Waals surface area contributed by atoms with Crippen molar-refractivity contribution in [1.82, 2.24) is 20.3 Å². The summed E-state index contributed by atoms with van der Waals surface area (Å²) in [6, 6.07) is 10.1. The number of aromatic nitrogens is 3. The largest absolute Gasteiger partial charge is 0.382 e. The molecule has 1 aliphatic heterocycles. The van der Waals surface area contributed by atoms with Crippen molar-refractivity contribution in [3.8, 4) is 11.3 Å². The number of morpholine rings is 1. The molecule has 3 aromatic rings. The number of benzene rings is 1. The quantitative estimate of drug-likeness (QED) is 0.382. The predicted molar refractivity (Wildman–Crippen MR) is 129 cm³/mol. The number of ketones is 1. The zero-order valence-corrected chi connectivity index (χ0v) is 19.0. The van der Waals surface area contributed by atoms with Gasteiger partial charge in [-0.05, 0) is 44.1 Å². The lowest BCUT2D eigenvalue weighted by atomic mass is 10.0. The SMILES string of the molecule is CNCCCc1cccc(-c2cnc(N)c(C(=O)Cc3cnccc3N3CCOCC3)n2)c1. The number of anilines is 2. The zero-order chi connectivity index (χ0) is 23.0. The highest BCUT2D eigenvalue weighted by molar-refractivity contribution is 6.00. The van der Waals surface area contributed by atoms with Gasteiger partial charge in [0, 0.05) is 48.7 Å². The van der Waals surface area contributed by atoms with Gasteiger partial charge in [-0.2, -0.15) is 0 Å². The summed E-state index contributed by atoms with van der Waals surface area (Å²) in [5, 5.41) is 3.17. The first-order chi connectivity index (χ1) is 16.2. The molecular formula is C25H30N6O2. The number of nitrogen functional groups attached to an aromatic ring is 1. The van der Waals surface area contributed by atoms with E-state index in [-0.39, 0.29) is 23.7 Å². The molecule has 8 heteroatoms. The van der Waals surface area contributed by atoms with Gasteiger partial charge in [0.1, 0.15) is 5.69 Å². The van der Waals surface area contributed by atoms with Gasteiger partial charge in [-0.3, -0.25) is 9.78 Å². The third-order valence-electron chi connectivity index (χ3n) is 5.76. The molecule has 8 nitrogen and oxygen atoms in total. The second kappa shape index (κ2) is 11.0. The molecule has 33 heavy (non-hydrogen) atoms. The average Bonchev–Trinajstić information content (AvgIpc) is 2.85. The van der Waals surface area contributed by atoms with Crippen molar-refractivity contribution in [2.75, 3.05) is 50.5 Å². The van der Waals surface area contributed by atoms with E-state index in [0.29, 0.717) is 18.9 Å². The van der Waals surface area contributed by atoms with Crippen LogP contribution in [-0.4, -0.2) is 60.6 Å². The van der Waals surface area contributed by atoms with Crippen molar-refractivity contribution in [1.29, 1.82) is 0 Å². The summed E-state index contributed by atoms with van der Waals surface area (Å²) in [5.41, 5.74) is 10.9. The second-order valence-corrected chi connectivity index (χ2v) is 8.10. The number of aryl methyl sites for hydroxylation is 1. The number of ether oxygens (including phenoxy) is 1.